The van der Waals surface area contributed by atoms with Crippen LogP contribution in [-0.4, -0.2) is 18.5 Å². The van der Waals surface area contributed by atoms with Crippen molar-refractivity contribution in [3.8, 4) is 0 Å². The van der Waals surface area contributed by atoms with E-state index in [9.17, 15) is 4.39 Å². The van der Waals surface area contributed by atoms with E-state index in [0.717, 1.165) is 30.8 Å². The Hall–Kier alpha value is -1.87. The summed E-state index contributed by atoms with van der Waals surface area (Å²) in [4.78, 5) is 2.22. The first-order valence-electron chi connectivity index (χ1n) is 6.41. The molecule has 3 heteroatoms. The van der Waals surface area contributed by atoms with Gasteiger partial charge in [-0.3, -0.25) is 0 Å². The zero-order chi connectivity index (χ0) is 13.7. The summed E-state index contributed by atoms with van der Waals surface area (Å²) in [6.07, 6.45) is 0.850. The SMILES string of the molecule is CN(CCc1cccc(F)c1)Cc1ccc(N)cc1. The van der Waals surface area contributed by atoms with Crippen molar-refractivity contribution in [2.45, 2.75) is 13.0 Å². The van der Waals surface area contributed by atoms with E-state index in [1.807, 2.05) is 30.3 Å². The van der Waals surface area contributed by atoms with Crippen LogP contribution in [-0.2, 0) is 13.0 Å². The second kappa shape index (κ2) is 6.34. The molecule has 2 aromatic carbocycles. The molecule has 0 heterocycles. The van der Waals surface area contributed by atoms with Crippen LogP contribution in [0.4, 0.5) is 10.1 Å². The molecule has 0 unspecified atom stereocenters. The fourth-order valence-electron chi connectivity index (χ4n) is 2.03. The smallest absolute Gasteiger partial charge is 0.123 e. The lowest BCUT2D eigenvalue weighted by atomic mass is 10.1. The third-order valence-electron chi connectivity index (χ3n) is 3.10. The summed E-state index contributed by atoms with van der Waals surface area (Å²) in [7, 11) is 2.07. The Morgan fingerprint density at radius 3 is 2.47 bits per heavy atom. The Kier molecular flexibility index (Phi) is 4.53. The number of rotatable bonds is 5. The highest BCUT2D eigenvalue weighted by Gasteiger charge is 2.02. The zero-order valence-electron chi connectivity index (χ0n) is 11.1. The van der Waals surface area contributed by atoms with Gasteiger partial charge in [0.1, 0.15) is 5.82 Å². The first-order chi connectivity index (χ1) is 9.13. The Balaban J connectivity index is 1.84. The molecule has 0 aliphatic heterocycles. The predicted octanol–water partition coefficient (Wildman–Crippen LogP) is 3.08. The first-order valence-corrected chi connectivity index (χ1v) is 6.41. The van der Waals surface area contributed by atoms with E-state index in [-0.39, 0.29) is 5.82 Å². The maximum Gasteiger partial charge on any atom is 0.123 e. The highest BCUT2D eigenvalue weighted by Crippen LogP contribution is 2.09. The molecule has 2 N–H and O–H groups in total. The number of hydrogen-bond acceptors (Lipinski definition) is 2. The number of hydrogen-bond donors (Lipinski definition) is 1. The third-order valence-corrected chi connectivity index (χ3v) is 3.10. The van der Waals surface area contributed by atoms with Crippen LogP contribution in [0.25, 0.3) is 0 Å². The molecule has 0 aliphatic carbocycles. The molecule has 0 spiro atoms. The van der Waals surface area contributed by atoms with E-state index < -0.39 is 0 Å². The van der Waals surface area contributed by atoms with Crippen molar-refractivity contribution in [2.75, 3.05) is 19.3 Å². The summed E-state index contributed by atoms with van der Waals surface area (Å²) in [5.41, 5.74) is 8.70. The molecule has 2 nitrogen and oxygen atoms in total. The number of anilines is 1. The topological polar surface area (TPSA) is 29.3 Å². The summed E-state index contributed by atoms with van der Waals surface area (Å²) in [6, 6.07) is 14.7. The Bertz CT molecular complexity index is 523. The van der Waals surface area contributed by atoms with E-state index in [4.69, 9.17) is 5.73 Å². The standard InChI is InChI=1S/C16H19FN2/c1-19(12-14-5-7-16(18)8-6-14)10-9-13-3-2-4-15(17)11-13/h2-8,11H,9-10,12,18H2,1H3. The van der Waals surface area contributed by atoms with E-state index in [1.54, 1.807) is 12.1 Å². The van der Waals surface area contributed by atoms with Gasteiger partial charge in [-0.1, -0.05) is 24.3 Å². The molecule has 0 amide bonds. The zero-order valence-corrected chi connectivity index (χ0v) is 11.1. The lowest BCUT2D eigenvalue weighted by Gasteiger charge is -2.16. The average Bonchev–Trinajstić information content (AvgIpc) is 2.39. The van der Waals surface area contributed by atoms with Crippen LogP contribution in [0.1, 0.15) is 11.1 Å². The number of nitrogens with zero attached hydrogens (tertiary/aromatic N) is 1. The van der Waals surface area contributed by atoms with Crippen molar-refractivity contribution in [1.29, 1.82) is 0 Å². The molecule has 0 atom stereocenters. The predicted molar refractivity (Wildman–Crippen MR) is 77.3 cm³/mol. The van der Waals surface area contributed by atoms with Gasteiger partial charge >= 0.3 is 0 Å². The van der Waals surface area contributed by atoms with Crippen molar-refractivity contribution < 1.29 is 4.39 Å². The van der Waals surface area contributed by atoms with Crippen LogP contribution in [0, 0.1) is 5.82 Å². The molecule has 100 valence electrons. The van der Waals surface area contributed by atoms with E-state index in [1.165, 1.54) is 11.6 Å². The molecular weight excluding hydrogens is 239 g/mol. The van der Waals surface area contributed by atoms with Gasteiger partial charge in [-0.15, -0.1) is 0 Å². The van der Waals surface area contributed by atoms with Crippen molar-refractivity contribution in [3.63, 3.8) is 0 Å². The third kappa shape index (κ3) is 4.38. The minimum absolute atomic E-state index is 0.168. The number of likely N-dealkylation sites (N-methyl/N-ethyl adjacent to an activating group) is 1. The fourth-order valence-corrected chi connectivity index (χ4v) is 2.03. The second-order valence-corrected chi connectivity index (χ2v) is 4.86. The maximum atomic E-state index is 13.1. The summed E-state index contributed by atoms with van der Waals surface area (Å²) < 4.78 is 13.1. The van der Waals surface area contributed by atoms with Gasteiger partial charge in [0.2, 0.25) is 0 Å². The Morgan fingerprint density at radius 2 is 1.79 bits per heavy atom. The first kappa shape index (κ1) is 13.6. The minimum atomic E-state index is -0.168. The van der Waals surface area contributed by atoms with Gasteiger partial charge in [0.05, 0.1) is 0 Å². The van der Waals surface area contributed by atoms with Gasteiger partial charge in [-0.2, -0.15) is 0 Å². The van der Waals surface area contributed by atoms with E-state index in [0.29, 0.717) is 0 Å². The van der Waals surface area contributed by atoms with Crippen LogP contribution < -0.4 is 5.73 Å². The molecule has 0 aromatic heterocycles. The molecule has 0 aliphatic rings. The van der Waals surface area contributed by atoms with Crippen molar-refractivity contribution >= 4 is 5.69 Å². The van der Waals surface area contributed by atoms with E-state index >= 15 is 0 Å². The summed E-state index contributed by atoms with van der Waals surface area (Å²) in [5, 5.41) is 0. The lowest BCUT2D eigenvalue weighted by molar-refractivity contribution is 0.331. The molecular formula is C16H19FN2. The van der Waals surface area contributed by atoms with Crippen LogP contribution in [0.2, 0.25) is 0 Å². The number of nitrogens with two attached hydrogens (primary N) is 1. The van der Waals surface area contributed by atoms with Gasteiger partial charge in [-0.05, 0) is 48.9 Å². The maximum absolute atomic E-state index is 13.1. The largest absolute Gasteiger partial charge is 0.399 e. The molecule has 2 aromatic rings. The molecule has 0 bridgehead atoms. The van der Waals surface area contributed by atoms with Crippen molar-refractivity contribution in [3.05, 3.63) is 65.5 Å². The van der Waals surface area contributed by atoms with Gasteiger partial charge in [0.15, 0.2) is 0 Å². The van der Waals surface area contributed by atoms with Gasteiger partial charge < -0.3 is 10.6 Å². The number of halogens is 1. The minimum Gasteiger partial charge on any atom is -0.399 e. The highest BCUT2D eigenvalue weighted by atomic mass is 19.1. The number of nitrogen functional groups attached to an aromatic ring is 1. The molecule has 0 saturated carbocycles. The van der Waals surface area contributed by atoms with Gasteiger partial charge in [0.25, 0.3) is 0 Å². The molecule has 0 radical (unpaired) electrons. The molecule has 0 saturated heterocycles. The second-order valence-electron chi connectivity index (χ2n) is 4.86. The molecule has 0 fully saturated rings. The van der Waals surface area contributed by atoms with E-state index in [2.05, 4.69) is 11.9 Å². The van der Waals surface area contributed by atoms with Crippen LogP contribution in [0.3, 0.4) is 0 Å². The van der Waals surface area contributed by atoms with Crippen LogP contribution in [0.5, 0.6) is 0 Å². The van der Waals surface area contributed by atoms with Gasteiger partial charge in [0, 0.05) is 18.8 Å². The summed E-state index contributed by atoms with van der Waals surface area (Å²) in [6.45, 7) is 1.77. The van der Waals surface area contributed by atoms with Crippen molar-refractivity contribution in [2.24, 2.45) is 0 Å². The summed E-state index contributed by atoms with van der Waals surface area (Å²) in [5.74, 6) is -0.168. The van der Waals surface area contributed by atoms with Crippen LogP contribution >= 0.6 is 0 Å². The highest BCUT2D eigenvalue weighted by molar-refractivity contribution is 5.39. The quantitative estimate of drug-likeness (QED) is 0.835. The summed E-state index contributed by atoms with van der Waals surface area (Å²) >= 11 is 0. The fraction of sp³-hybridized carbons (Fsp3) is 0.250. The van der Waals surface area contributed by atoms with Crippen LogP contribution in [0.15, 0.2) is 48.5 Å². The Morgan fingerprint density at radius 1 is 1.05 bits per heavy atom. The average molecular weight is 258 g/mol. The Labute approximate surface area is 113 Å². The molecule has 19 heavy (non-hydrogen) atoms. The lowest BCUT2D eigenvalue weighted by Crippen LogP contribution is -2.20. The number of benzene rings is 2. The van der Waals surface area contributed by atoms with Gasteiger partial charge in [-0.25, -0.2) is 4.39 Å². The van der Waals surface area contributed by atoms with Crippen molar-refractivity contribution in [1.82, 2.24) is 4.90 Å². The molecule has 2 rings (SSSR count). The normalized spacial score (nSPS) is 10.9. The monoisotopic (exact) mass is 258 g/mol.